The second-order valence-electron chi connectivity index (χ2n) is 6.95. The third-order valence-corrected chi connectivity index (χ3v) is 5.27. The zero-order valence-corrected chi connectivity index (χ0v) is 14.8. The van der Waals surface area contributed by atoms with Crippen LogP contribution in [0.15, 0.2) is 59.7 Å². The minimum absolute atomic E-state index is 0.0158. The average molecular weight is 363 g/mol. The molecule has 1 fully saturated rings. The molecule has 1 amide bonds. The van der Waals surface area contributed by atoms with Crippen LogP contribution in [0.5, 0.6) is 5.75 Å². The van der Waals surface area contributed by atoms with Gasteiger partial charge in [-0.3, -0.25) is 14.0 Å². The molecule has 2 aromatic heterocycles. The summed E-state index contributed by atoms with van der Waals surface area (Å²) in [6.45, 7) is 0. The minimum Gasteiger partial charge on any atom is -0.504 e. The number of carbonyl (C=O) groups excluding carboxylic acids is 1. The van der Waals surface area contributed by atoms with Crippen molar-refractivity contribution in [1.82, 2.24) is 14.7 Å². The van der Waals surface area contributed by atoms with Crippen molar-refractivity contribution in [3.8, 4) is 5.75 Å². The van der Waals surface area contributed by atoms with Gasteiger partial charge in [0.1, 0.15) is 5.56 Å². The van der Waals surface area contributed by atoms with Gasteiger partial charge < -0.3 is 10.4 Å². The Hall–Kier alpha value is -3.15. The molecule has 1 saturated carbocycles. The maximum atomic E-state index is 12.8. The first kappa shape index (κ1) is 17.3. The number of hydrogen-bond acceptors (Lipinski definition) is 4. The van der Waals surface area contributed by atoms with E-state index in [1.807, 2.05) is 18.2 Å². The smallest absolute Gasteiger partial charge is 0.270 e. The van der Waals surface area contributed by atoms with E-state index in [2.05, 4.69) is 22.4 Å². The van der Waals surface area contributed by atoms with Gasteiger partial charge in [0.2, 0.25) is 0 Å². The summed E-state index contributed by atoms with van der Waals surface area (Å²) in [6, 6.07) is 13.2. The van der Waals surface area contributed by atoms with E-state index in [1.54, 1.807) is 6.07 Å². The van der Waals surface area contributed by atoms with E-state index in [9.17, 15) is 14.7 Å². The number of carbonyl (C=O) groups is 1. The molecule has 0 saturated heterocycles. The highest BCUT2D eigenvalue weighted by atomic mass is 16.3. The molecule has 2 N–H and O–H groups in total. The fourth-order valence-corrected chi connectivity index (χ4v) is 3.90. The van der Waals surface area contributed by atoms with Gasteiger partial charge in [0.05, 0.1) is 0 Å². The number of benzene rings is 1. The Morgan fingerprint density at radius 1 is 1.11 bits per heavy atom. The Morgan fingerprint density at radius 2 is 1.89 bits per heavy atom. The minimum atomic E-state index is -0.486. The van der Waals surface area contributed by atoms with Gasteiger partial charge in [-0.25, -0.2) is 4.98 Å². The molecule has 0 radical (unpaired) electrons. The van der Waals surface area contributed by atoms with Crippen LogP contribution < -0.4 is 10.9 Å². The van der Waals surface area contributed by atoms with Gasteiger partial charge in [-0.05, 0) is 30.5 Å². The lowest BCUT2D eigenvalue weighted by atomic mass is 9.80. The predicted octanol–water partition coefficient (Wildman–Crippen LogP) is 2.86. The van der Waals surface area contributed by atoms with E-state index in [1.165, 1.54) is 28.4 Å². The monoisotopic (exact) mass is 363 g/mol. The largest absolute Gasteiger partial charge is 0.504 e. The van der Waals surface area contributed by atoms with Gasteiger partial charge in [0.25, 0.3) is 11.5 Å². The van der Waals surface area contributed by atoms with Crippen molar-refractivity contribution >= 4 is 11.6 Å². The van der Waals surface area contributed by atoms with Gasteiger partial charge in [0, 0.05) is 24.4 Å². The van der Waals surface area contributed by atoms with Crippen molar-refractivity contribution in [3.63, 3.8) is 0 Å². The number of amides is 1. The molecule has 0 spiro atoms. The fraction of sp³-hybridized carbons (Fsp3) is 0.286. The molecule has 2 atom stereocenters. The molecular weight excluding hydrogens is 342 g/mol. The summed E-state index contributed by atoms with van der Waals surface area (Å²) in [5.41, 5.74) is 0.843. The summed E-state index contributed by atoms with van der Waals surface area (Å²) in [5.74, 6) is -0.278. The highest BCUT2D eigenvalue weighted by molar-refractivity contribution is 5.94. The van der Waals surface area contributed by atoms with Gasteiger partial charge in [-0.15, -0.1) is 0 Å². The van der Waals surface area contributed by atoms with Gasteiger partial charge in [-0.1, -0.05) is 43.2 Å². The zero-order chi connectivity index (χ0) is 18.8. The average Bonchev–Trinajstić information content (AvgIpc) is 2.70. The SMILES string of the molecule is O=C(N[C@@H]1CCCC[C@H]1c1ccccc1)c1cnc2c(O)cccn2c1=O. The third kappa shape index (κ3) is 3.30. The van der Waals surface area contributed by atoms with Gasteiger partial charge in [0.15, 0.2) is 11.4 Å². The number of nitrogens with one attached hydrogen (secondary N) is 1. The van der Waals surface area contributed by atoms with Crippen LogP contribution in [0.3, 0.4) is 0 Å². The summed E-state index contributed by atoms with van der Waals surface area (Å²) in [6.07, 6.45) is 6.82. The summed E-state index contributed by atoms with van der Waals surface area (Å²) in [4.78, 5) is 29.6. The van der Waals surface area contributed by atoms with Crippen LogP contribution in [0, 0.1) is 0 Å². The first-order valence-electron chi connectivity index (χ1n) is 9.20. The number of hydrogen-bond donors (Lipinski definition) is 2. The van der Waals surface area contributed by atoms with Crippen molar-refractivity contribution in [2.24, 2.45) is 0 Å². The molecular formula is C21H21N3O3. The number of fused-ring (bicyclic) bond motifs is 1. The lowest BCUT2D eigenvalue weighted by Crippen LogP contribution is -2.43. The second kappa shape index (κ2) is 7.23. The standard InChI is InChI=1S/C21H21N3O3/c25-18-11-6-12-24-19(18)22-13-16(21(24)27)20(26)23-17-10-5-4-9-15(17)14-7-2-1-3-8-14/h1-3,6-8,11-13,15,17,25H,4-5,9-10H2,(H,23,26)/t15-,17+/m0/s1. The second-order valence-corrected chi connectivity index (χ2v) is 6.95. The Bertz CT molecular complexity index is 1030. The number of pyridine rings is 1. The van der Waals surface area contributed by atoms with Crippen LogP contribution in [0.4, 0.5) is 0 Å². The Balaban J connectivity index is 1.62. The highest BCUT2D eigenvalue weighted by Gasteiger charge is 2.28. The van der Waals surface area contributed by atoms with Crippen molar-refractivity contribution in [3.05, 3.63) is 76.3 Å². The Morgan fingerprint density at radius 3 is 2.70 bits per heavy atom. The molecule has 3 aromatic rings. The quantitative estimate of drug-likeness (QED) is 0.749. The first-order valence-corrected chi connectivity index (χ1v) is 9.20. The molecule has 0 bridgehead atoms. The van der Waals surface area contributed by atoms with E-state index in [0.717, 1.165) is 25.7 Å². The summed E-state index contributed by atoms with van der Waals surface area (Å²) >= 11 is 0. The van der Waals surface area contributed by atoms with E-state index in [-0.39, 0.29) is 28.9 Å². The number of nitrogens with zero attached hydrogens (tertiary/aromatic N) is 2. The maximum absolute atomic E-state index is 12.8. The van der Waals surface area contributed by atoms with Crippen LogP contribution in [0.25, 0.3) is 5.65 Å². The van der Waals surface area contributed by atoms with Crippen LogP contribution >= 0.6 is 0 Å². The van der Waals surface area contributed by atoms with Gasteiger partial charge >= 0.3 is 0 Å². The topological polar surface area (TPSA) is 83.7 Å². The van der Waals surface area contributed by atoms with Crippen molar-refractivity contribution in [2.45, 2.75) is 37.6 Å². The molecule has 6 heteroatoms. The summed E-state index contributed by atoms with van der Waals surface area (Å²) in [5, 5.41) is 12.9. The van der Waals surface area contributed by atoms with Crippen molar-refractivity contribution in [2.75, 3.05) is 0 Å². The molecule has 6 nitrogen and oxygen atoms in total. The van der Waals surface area contributed by atoms with E-state index in [4.69, 9.17) is 0 Å². The van der Waals surface area contributed by atoms with E-state index in [0.29, 0.717) is 0 Å². The van der Waals surface area contributed by atoms with Crippen LogP contribution in [-0.4, -0.2) is 26.4 Å². The third-order valence-electron chi connectivity index (χ3n) is 5.27. The first-order chi connectivity index (χ1) is 13.1. The number of aromatic nitrogens is 2. The molecule has 1 aromatic carbocycles. The molecule has 27 heavy (non-hydrogen) atoms. The molecule has 0 unspecified atom stereocenters. The predicted molar refractivity (Wildman–Crippen MR) is 102 cm³/mol. The normalized spacial score (nSPS) is 19.7. The highest BCUT2D eigenvalue weighted by Crippen LogP contribution is 2.33. The lowest BCUT2D eigenvalue weighted by molar-refractivity contribution is 0.0918. The van der Waals surface area contributed by atoms with Crippen LogP contribution in [0.2, 0.25) is 0 Å². The molecule has 0 aliphatic heterocycles. The maximum Gasteiger partial charge on any atom is 0.270 e. The summed E-state index contributed by atoms with van der Waals surface area (Å²) in [7, 11) is 0. The van der Waals surface area contributed by atoms with Crippen molar-refractivity contribution in [1.29, 1.82) is 0 Å². The zero-order valence-electron chi connectivity index (χ0n) is 14.8. The lowest BCUT2D eigenvalue weighted by Gasteiger charge is -2.32. The molecule has 138 valence electrons. The van der Waals surface area contributed by atoms with Gasteiger partial charge in [-0.2, -0.15) is 0 Å². The molecule has 2 heterocycles. The van der Waals surface area contributed by atoms with Crippen LogP contribution in [0.1, 0.15) is 47.5 Å². The molecule has 1 aliphatic rings. The molecule has 1 aliphatic carbocycles. The van der Waals surface area contributed by atoms with E-state index < -0.39 is 11.5 Å². The molecule has 4 rings (SSSR count). The number of aromatic hydroxyl groups is 1. The van der Waals surface area contributed by atoms with Crippen molar-refractivity contribution < 1.29 is 9.90 Å². The Kier molecular flexibility index (Phi) is 4.62. The fourth-order valence-electron chi connectivity index (χ4n) is 3.90. The summed E-state index contributed by atoms with van der Waals surface area (Å²) < 4.78 is 1.19. The number of rotatable bonds is 3. The van der Waals surface area contributed by atoms with Crippen LogP contribution in [-0.2, 0) is 0 Å². The van der Waals surface area contributed by atoms with E-state index >= 15 is 0 Å². The Labute approximate surface area is 156 Å².